The fourth-order valence-electron chi connectivity index (χ4n) is 4.10. The third-order valence-electron chi connectivity index (χ3n) is 5.31. The van der Waals surface area contributed by atoms with E-state index in [1.165, 1.54) is 45.2 Å². The van der Waals surface area contributed by atoms with E-state index >= 15 is 0 Å². The molecule has 4 nitrogen and oxygen atoms in total. The summed E-state index contributed by atoms with van der Waals surface area (Å²) in [5.74, 6) is 0.842. The fourth-order valence-corrected chi connectivity index (χ4v) is 4.23. The molecule has 1 aliphatic carbocycles. The molecule has 1 saturated heterocycles. The van der Waals surface area contributed by atoms with Gasteiger partial charge in [0.1, 0.15) is 11.9 Å². The van der Waals surface area contributed by atoms with Crippen LogP contribution in [-0.4, -0.2) is 42.1 Å². The SMILES string of the molecule is CC(CC(=O)NC1CCCCC1N1CCCC1)Oc1ccc(Cl)cc1. The van der Waals surface area contributed by atoms with Crippen molar-refractivity contribution in [2.75, 3.05) is 13.1 Å². The zero-order chi connectivity index (χ0) is 17.6. The molecule has 0 aromatic heterocycles. The second kappa shape index (κ2) is 8.91. The van der Waals surface area contributed by atoms with Gasteiger partial charge in [-0.25, -0.2) is 0 Å². The maximum Gasteiger partial charge on any atom is 0.223 e. The minimum absolute atomic E-state index is 0.0950. The van der Waals surface area contributed by atoms with Crippen molar-refractivity contribution >= 4 is 17.5 Å². The van der Waals surface area contributed by atoms with Crippen LogP contribution in [0.5, 0.6) is 5.75 Å². The molecule has 1 aromatic carbocycles. The molecule has 0 bridgehead atoms. The Morgan fingerprint density at radius 2 is 1.88 bits per heavy atom. The van der Waals surface area contributed by atoms with Gasteiger partial charge in [0.2, 0.25) is 5.91 Å². The van der Waals surface area contributed by atoms with Crippen molar-refractivity contribution in [1.29, 1.82) is 0 Å². The first-order valence-corrected chi connectivity index (χ1v) is 9.95. The van der Waals surface area contributed by atoms with Gasteiger partial charge < -0.3 is 10.1 Å². The number of nitrogens with zero attached hydrogens (tertiary/aromatic N) is 1. The molecule has 0 spiro atoms. The van der Waals surface area contributed by atoms with Gasteiger partial charge in [0.05, 0.1) is 6.42 Å². The molecule has 2 aliphatic rings. The molecule has 2 fully saturated rings. The first-order valence-electron chi connectivity index (χ1n) is 9.57. The minimum atomic E-state index is -0.157. The topological polar surface area (TPSA) is 41.6 Å². The van der Waals surface area contributed by atoms with E-state index in [1.54, 1.807) is 12.1 Å². The zero-order valence-electron chi connectivity index (χ0n) is 15.0. The quantitative estimate of drug-likeness (QED) is 0.828. The second-order valence-corrected chi connectivity index (χ2v) is 7.79. The molecular formula is C20H29ClN2O2. The molecule has 1 saturated carbocycles. The van der Waals surface area contributed by atoms with Gasteiger partial charge >= 0.3 is 0 Å². The lowest BCUT2D eigenvalue weighted by Crippen LogP contribution is -2.52. The summed E-state index contributed by atoms with van der Waals surface area (Å²) in [6.07, 6.45) is 7.62. The summed E-state index contributed by atoms with van der Waals surface area (Å²) in [5.41, 5.74) is 0. The van der Waals surface area contributed by atoms with Crippen molar-refractivity contribution in [1.82, 2.24) is 10.2 Å². The zero-order valence-corrected chi connectivity index (χ0v) is 15.8. The number of hydrogen-bond acceptors (Lipinski definition) is 3. The molecule has 1 heterocycles. The molecule has 5 heteroatoms. The van der Waals surface area contributed by atoms with Crippen molar-refractivity contribution in [2.24, 2.45) is 0 Å². The average Bonchev–Trinajstić information content (AvgIpc) is 3.11. The number of likely N-dealkylation sites (tertiary alicyclic amines) is 1. The molecule has 3 rings (SSSR count). The summed E-state index contributed by atoms with van der Waals surface area (Å²) < 4.78 is 5.83. The number of benzene rings is 1. The molecule has 1 aliphatic heterocycles. The summed E-state index contributed by atoms with van der Waals surface area (Å²) in [6, 6.07) is 8.08. The highest BCUT2D eigenvalue weighted by Crippen LogP contribution is 2.26. The highest BCUT2D eigenvalue weighted by molar-refractivity contribution is 6.30. The Bertz CT molecular complexity index is 557. The number of hydrogen-bond donors (Lipinski definition) is 1. The standard InChI is InChI=1S/C20H29ClN2O2/c1-15(25-17-10-8-16(21)9-11-17)14-20(24)22-18-6-2-3-7-19(18)23-12-4-5-13-23/h8-11,15,18-19H,2-7,12-14H2,1H3,(H,22,24). The van der Waals surface area contributed by atoms with E-state index < -0.39 is 0 Å². The van der Waals surface area contributed by atoms with Crippen LogP contribution in [-0.2, 0) is 4.79 Å². The maximum atomic E-state index is 12.5. The number of carbonyl (C=O) groups is 1. The van der Waals surface area contributed by atoms with Crippen LogP contribution in [0.1, 0.15) is 51.9 Å². The van der Waals surface area contributed by atoms with Gasteiger partial charge in [0.25, 0.3) is 0 Å². The third-order valence-corrected chi connectivity index (χ3v) is 5.56. The number of halogens is 1. The number of nitrogens with one attached hydrogen (secondary N) is 1. The number of carbonyl (C=O) groups excluding carboxylic acids is 1. The van der Waals surface area contributed by atoms with Crippen LogP contribution in [0.4, 0.5) is 0 Å². The molecule has 25 heavy (non-hydrogen) atoms. The van der Waals surface area contributed by atoms with Crippen LogP contribution in [0.15, 0.2) is 24.3 Å². The summed E-state index contributed by atoms with van der Waals surface area (Å²) in [5, 5.41) is 3.97. The van der Waals surface area contributed by atoms with E-state index in [4.69, 9.17) is 16.3 Å². The third kappa shape index (κ3) is 5.35. The molecule has 3 atom stereocenters. The minimum Gasteiger partial charge on any atom is -0.490 e. The average molecular weight is 365 g/mol. The molecular weight excluding hydrogens is 336 g/mol. The Morgan fingerprint density at radius 3 is 2.60 bits per heavy atom. The molecule has 138 valence electrons. The predicted molar refractivity (Wildman–Crippen MR) is 101 cm³/mol. The maximum absolute atomic E-state index is 12.5. The summed E-state index contributed by atoms with van der Waals surface area (Å²) in [4.78, 5) is 15.1. The van der Waals surface area contributed by atoms with Crippen molar-refractivity contribution in [3.05, 3.63) is 29.3 Å². The largest absolute Gasteiger partial charge is 0.490 e. The van der Waals surface area contributed by atoms with Crippen molar-refractivity contribution in [2.45, 2.75) is 70.1 Å². The van der Waals surface area contributed by atoms with Crippen LogP contribution >= 0.6 is 11.6 Å². The smallest absolute Gasteiger partial charge is 0.223 e. The Balaban J connectivity index is 1.49. The lowest BCUT2D eigenvalue weighted by Gasteiger charge is -2.38. The highest BCUT2D eigenvalue weighted by Gasteiger charge is 2.32. The molecule has 1 aromatic rings. The van der Waals surface area contributed by atoms with Gasteiger partial charge in [-0.3, -0.25) is 9.69 Å². The number of ether oxygens (including phenoxy) is 1. The fraction of sp³-hybridized carbons (Fsp3) is 0.650. The number of amides is 1. The lowest BCUT2D eigenvalue weighted by atomic mass is 9.89. The molecule has 1 amide bonds. The van der Waals surface area contributed by atoms with E-state index in [0.29, 0.717) is 23.5 Å². The van der Waals surface area contributed by atoms with Crippen LogP contribution in [0.25, 0.3) is 0 Å². The molecule has 1 N–H and O–H groups in total. The van der Waals surface area contributed by atoms with Gasteiger partial charge in [-0.05, 0) is 70.0 Å². The van der Waals surface area contributed by atoms with Crippen LogP contribution in [0.3, 0.4) is 0 Å². The Labute approximate surface area is 155 Å². The van der Waals surface area contributed by atoms with Gasteiger partial charge in [-0.15, -0.1) is 0 Å². The van der Waals surface area contributed by atoms with Gasteiger partial charge in [0.15, 0.2) is 0 Å². The number of rotatable bonds is 6. The van der Waals surface area contributed by atoms with E-state index in [-0.39, 0.29) is 12.0 Å². The Hall–Kier alpha value is -1.26. The van der Waals surface area contributed by atoms with Crippen LogP contribution < -0.4 is 10.1 Å². The van der Waals surface area contributed by atoms with Gasteiger partial charge in [-0.1, -0.05) is 24.4 Å². The first kappa shape index (κ1) is 18.5. The summed E-state index contributed by atoms with van der Waals surface area (Å²) >= 11 is 5.88. The van der Waals surface area contributed by atoms with Crippen molar-refractivity contribution in [3.8, 4) is 5.75 Å². The van der Waals surface area contributed by atoms with Crippen LogP contribution in [0, 0.1) is 0 Å². The first-order chi connectivity index (χ1) is 12.1. The summed E-state index contributed by atoms with van der Waals surface area (Å²) in [7, 11) is 0. The van der Waals surface area contributed by atoms with Crippen molar-refractivity contribution in [3.63, 3.8) is 0 Å². The molecule has 3 unspecified atom stereocenters. The van der Waals surface area contributed by atoms with E-state index in [0.717, 1.165) is 12.2 Å². The lowest BCUT2D eigenvalue weighted by molar-refractivity contribution is -0.124. The monoisotopic (exact) mass is 364 g/mol. The van der Waals surface area contributed by atoms with E-state index in [2.05, 4.69) is 10.2 Å². The van der Waals surface area contributed by atoms with Crippen molar-refractivity contribution < 1.29 is 9.53 Å². The second-order valence-electron chi connectivity index (χ2n) is 7.36. The normalized spacial score (nSPS) is 25.5. The Kier molecular flexibility index (Phi) is 6.60. The predicted octanol–water partition coefficient (Wildman–Crippen LogP) is 4.02. The molecule has 0 radical (unpaired) electrons. The van der Waals surface area contributed by atoms with Gasteiger partial charge in [-0.2, -0.15) is 0 Å². The Morgan fingerprint density at radius 1 is 1.20 bits per heavy atom. The van der Waals surface area contributed by atoms with E-state index in [1.807, 2.05) is 19.1 Å². The van der Waals surface area contributed by atoms with E-state index in [9.17, 15) is 4.79 Å². The van der Waals surface area contributed by atoms with Gasteiger partial charge in [0, 0.05) is 17.1 Å². The van der Waals surface area contributed by atoms with Crippen LogP contribution in [0.2, 0.25) is 5.02 Å². The highest BCUT2D eigenvalue weighted by atomic mass is 35.5. The summed E-state index contributed by atoms with van der Waals surface area (Å²) in [6.45, 7) is 4.31.